The summed E-state index contributed by atoms with van der Waals surface area (Å²) in [5.74, 6) is 1.56. The van der Waals surface area contributed by atoms with Gasteiger partial charge in [0.25, 0.3) is 0 Å². The van der Waals surface area contributed by atoms with Crippen LogP contribution in [0.2, 0.25) is 0 Å². The van der Waals surface area contributed by atoms with Crippen LogP contribution in [0.25, 0.3) is 0 Å². The zero-order valence-electron chi connectivity index (χ0n) is 11.6. The lowest BCUT2D eigenvalue weighted by molar-refractivity contribution is 0.143. The maximum Gasteiger partial charge on any atom is 0.317 e. The lowest BCUT2D eigenvalue weighted by Gasteiger charge is -2.23. The summed E-state index contributed by atoms with van der Waals surface area (Å²) in [5.41, 5.74) is 0. The fraction of sp³-hybridized carbons (Fsp3) is 0.929. The highest BCUT2D eigenvalue weighted by atomic mass is 16.3. The lowest BCUT2D eigenvalue weighted by Crippen LogP contribution is -2.42. The van der Waals surface area contributed by atoms with E-state index >= 15 is 0 Å². The Balaban J connectivity index is 1.70. The Morgan fingerprint density at radius 2 is 2.06 bits per heavy atom. The quantitative estimate of drug-likeness (QED) is 0.806. The molecule has 2 fully saturated rings. The number of nitrogens with zero attached hydrogens (tertiary/aromatic N) is 1. The van der Waals surface area contributed by atoms with E-state index in [1.165, 1.54) is 32.1 Å². The Hall–Kier alpha value is -0.770. The minimum absolute atomic E-state index is 0.0424. The molecule has 0 radical (unpaired) electrons. The number of amides is 2. The fourth-order valence-electron chi connectivity index (χ4n) is 3.21. The maximum absolute atomic E-state index is 11.9. The molecule has 0 heterocycles. The first kappa shape index (κ1) is 13.7. The van der Waals surface area contributed by atoms with Gasteiger partial charge in [-0.15, -0.1) is 0 Å². The Bertz CT molecular complexity index is 288. The van der Waals surface area contributed by atoms with Crippen LogP contribution >= 0.6 is 0 Å². The summed E-state index contributed by atoms with van der Waals surface area (Å²) < 4.78 is 0. The number of aliphatic hydroxyl groups excluding tert-OH is 1. The van der Waals surface area contributed by atoms with Crippen LogP contribution in [0.15, 0.2) is 0 Å². The van der Waals surface area contributed by atoms with E-state index in [2.05, 4.69) is 5.32 Å². The Kier molecular flexibility index (Phi) is 4.49. The summed E-state index contributed by atoms with van der Waals surface area (Å²) in [4.78, 5) is 13.4. The molecule has 2 aliphatic rings. The molecule has 0 bridgehead atoms. The molecule has 18 heavy (non-hydrogen) atoms. The van der Waals surface area contributed by atoms with Crippen molar-refractivity contribution in [3.8, 4) is 0 Å². The number of carbonyl (C=O) groups is 1. The van der Waals surface area contributed by atoms with E-state index in [1.807, 2.05) is 0 Å². The van der Waals surface area contributed by atoms with Crippen LogP contribution < -0.4 is 5.32 Å². The number of carbonyl (C=O) groups excluding carboxylic acids is 1. The van der Waals surface area contributed by atoms with Crippen molar-refractivity contribution >= 4 is 6.03 Å². The van der Waals surface area contributed by atoms with Crippen LogP contribution in [0.1, 0.15) is 45.4 Å². The van der Waals surface area contributed by atoms with Gasteiger partial charge in [0, 0.05) is 19.6 Å². The molecule has 4 nitrogen and oxygen atoms in total. The highest BCUT2D eigenvalue weighted by Gasteiger charge is 2.44. The lowest BCUT2D eigenvalue weighted by atomic mass is 9.85. The van der Waals surface area contributed by atoms with Crippen LogP contribution in [-0.4, -0.2) is 41.8 Å². The second-order valence-electron chi connectivity index (χ2n) is 6.08. The molecule has 0 saturated heterocycles. The number of hydrogen-bond donors (Lipinski definition) is 2. The molecule has 2 N–H and O–H groups in total. The summed E-state index contributed by atoms with van der Waals surface area (Å²) in [6.45, 7) is 2.10. The summed E-state index contributed by atoms with van der Waals surface area (Å²) in [6, 6.07) is 0.344. The van der Waals surface area contributed by atoms with E-state index in [0.717, 1.165) is 12.3 Å². The van der Waals surface area contributed by atoms with Crippen molar-refractivity contribution in [2.24, 2.45) is 11.8 Å². The molecule has 2 amide bonds. The topological polar surface area (TPSA) is 52.6 Å². The Morgan fingerprint density at radius 3 is 2.67 bits per heavy atom. The van der Waals surface area contributed by atoms with Gasteiger partial charge in [0.2, 0.25) is 0 Å². The fourth-order valence-corrected chi connectivity index (χ4v) is 3.21. The Morgan fingerprint density at radius 1 is 1.39 bits per heavy atom. The minimum atomic E-state index is -0.464. The second kappa shape index (κ2) is 5.91. The molecule has 0 spiro atoms. The number of likely N-dealkylation sites (N-methyl/N-ethyl adjacent to an activating group) is 1. The number of rotatable bonds is 4. The maximum atomic E-state index is 11.9. The van der Waals surface area contributed by atoms with E-state index in [0.29, 0.717) is 18.5 Å². The van der Waals surface area contributed by atoms with Gasteiger partial charge in [0.05, 0.1) is 6.10 Å². The highest BCUT2D eigenvalue weighted by Crippen LogP contribution is 2.44. The monoisotopic (exact) mass is 254 g/mol. The SMILES string of the molecule is CC(O)CN(C)C(=O)NC1CC1C1CCCCC1. The molecule has 0 aliphatic heterocycles. The highest BCUT2D eigenvalue weighted by molar-refractivity contribution is 5.74. The molecule has 2 aliphatic carbocycles. The predicted octanol–water partition coefficient (Wildman–Crippen LogP) is 1.98. The van der Waals surface area contributed by atoms with Gasteiger partial charge in [-0.3, -0.25) is 0 Å². The third-order valence-corrected chi connectivity index (χ3v) is 4.29. The van der Waals surface area contributed by atoms with Crippen LogP contribution in [-0.2, 0) is 0 Å². The summed E-state index contributed by atoms with van der Waals surface area (Å²) >= 11 is 0. The van der Waals surface area contributed by atoms with Crippen LogP contribution in [0.4, 0.5) is 4.79 Å². The van der Waals surface area contributed by atoms with E-state index in [1.54, 1.807) is 18.9 Å². The molecular weight excluding hydrogens is 228 g/mol. The van der Waals surface area contributed by atoms with Gasteiger partial charge in [0.15, 0.2) is 0 Å². The first-order valence-corrected chi connectivity index (χ1v) is 7.27. The van der Waals surface area contributed by atoms with Crippen molar-refractivity contribution in [3.63, 3.8) is 0 Å². The van der Waals surface area contributed by atoms with E-state index in [9.17, 15) is 9.90 Å². The van der Waals surface area contributed by atoms with Gasteiger partial charge >= 0.3 is 6.03 Å². The first-order valence-electron chi connectivity index (χ1n) is 7.27. The molecular formula is C14H26N2O2. The molecule has 2 rings (SSSR count). The van der Waals surface area contributed by atoms with E-state index < -0.39 is 6.10 Å². The number of nitrogens with one attached hydrogen (secondary N) is 1. The van der Waals surface area contributed by atoms with Crippen molar-refractivity contribution in [3.05, 3.63) is 0 Å². The molecule has 0 aromatic carbocycles. The normalized spacial score (nSPS) is 29.7. The molecule has 2 saturated carbocycles. The average Bonchev–Trinajstić information content (AvgIpc) is 3.08. The van der Waals surface area contributed by atoms with Crippen LogP contribution in [0, 0.1) is 11.8 Å². The summed E-state index contributed by atoms with van der Waals surface area (Å²) in [7, 11) is 1.74. The van der Waals surface area contributed by atoms with Crippen molar-refractivity contribution < 1.29 is 9.90 Å². The van der Waals surface area contributed by atoms with Gasteiger partial charge in [-0.2, -0.15) is 0 Å². The van der Waals surface area contributed by atoms with Gasteiger partial charge in [-0.05, 0) is 25.2 Å². The number of urea groups is 1. The van der Waals surface area contributed by atoms with Crippen molar-refractivity contribution in [1.82, 2.24) is 10.2 Å². The van der Waals surface area contributed by atoms with Crippen molar-refractivity contribution in [1.29, 1.82) is 0 Å². The van der Waals surface area contributed by atoms with Crippen molar-refractivity contribution in [2.75, 3.05) is 13.6 Å². The summed E-state index contributed by atoms with van der Waals surface area (Å²) in [5, 5.41) is 12.3. The average molecular weight is 254 g/mol. The number of hydrogen-bond acceptors (Lipinski definition) is 2. The second-order valence-corrected chi connectivity index (χ2v) is 6.08. The van der Waals surface area contributed by atoms with Gasteiger partial charge in [-0.25, -0.2) is 4.79 Å². The smallest absolute Gasteiger partial charge is 0.317 e. The Labute approximate surface area is 110 Å². The summed E-state index contributed by atoms with van der Waals surface area (Å²) in [6.07, 6.45) is 7.50. The standard InChI is InChI=1S/C14H26N2O2/c1-10(17)9-16(2)14(18)15-13-8-12(13)11-6-4-3-5-7-11/h10-13,17H,3-9H2,1-2H3,(H,15,18). The number of aliphatic hydroxyl groups is 1. The zero-order chi connectivity index (χ0) is 13.1. The first-order chi connectivity index (χ1) is 8.58. The van der Waals surface area contributed by atoms with Gasteiger partial charge < -0.3 is 15.3 Å². The van der Waals surface area contributed by atoms with Crippen LogP contribution in [0.5, 0.6) is 0 Å². The molecule has 3 atom stereocenters. The zero-order valence-corrected chi connectivity index (χ0v) is 11.6. The minimum Gasteiger partial charge on any atom is -0.392 e. The molecule has 104 valence electrons. The molecule has 0 aromatic rings. The third kappa shape index (κ3) is 3.61. The van der Waals surface area contributed by atoms with E-state index in [-0.39, 0.29) is 6.03 Å². The largest absolute Gasteiger partial charge is 0.392 e. The van der Waals surface area contributed by atoms with Gasteiger partial charge in [-0.1, -0.05) is 32.1 Å². The predicted molar refractivity (Wildman–Crippen MR) is 71.3 cm³/mol. The van der Waals surface area contributed by atoms with Crippen molar-refractivity contribution in [2.45, 2.75) is 57.6 Å². The van der Waals surface area contributed by atoms with Gasteiger partial charge in [0.1, 0.15) is 0 Å². The van der Waals surface area contributed by atoms with Crippen LogP contribution in [0.3, 0.4) is 0 Å². The molecule has 4 heteroatoms. The third-order valence-electron chi connectivity index (χ3n) is 4.29. The van der Waals surface area contributed by atoms with E-state index in [4.69, 9.17) is 0 Å². The molecule has 3 unspecified atom stereocenters. The molecule has 0 aromatic heterocycles.